The summed E-state index contributed by atoms with van der Waals surface area (Å²) in [5.74, 6) is 0. The number of rotatable bonds is 5. The minimum absolute atomic E-state index is 0.0231. The van der Waals surface area contributed by atoms with E-state index in [9.17, 15) is 0 Å². The lowest BCUT2D eigenvalue weighted by molar-refractivity contribution is 0.716. The van der Waals surface area contributed by atoms with Crippen molar-refractivity contribution in [2.75, 3.05) is 0 Å². The fourth-order valence-electron chi connectivity index (χ4n) is 0.782. The molecule has 0 rings (SSSR count). The number of hydrogen-bond acceptors (Lipinski definition) is 1. The molecule has 0 atom stereocenters. The van der Waals surface area contributed by atoms with Gasteiger partial charge in [0.1, 0.15) is 6.70 Å². The van der Waals surface area contributed by atoms with Gasteiger partial charge in [-0.15, -0.1) is 0 Å². The van der Waals surface area contributed by atoms with E-state index in [1.807, 2.05) is 0 Å². The molecule has 20 heavy (non-hydrogen) atoms. The van der Waals surface area contributed by atoms with E-state index in [1.165, 1.54) is 0 Å². The van der Waals surface area contributed by atoms with Gasteiger partial charge >= 0.3 is 0 Å². The third kappa shape index (κ3) is 6.48. The van der Waals surface area contributed by atoms with Crippen LogP contribution in [0, 0.1) is 0 Å². The molecule has 0 fully saturated rings. The lowest BCUT2D eigenvalue weighted by Crippen LogP contribution is -2.64. The van der Waals surface area contributed by atoms with Crippen LogP contribution in [0.25, 0.3) is 0 Å². The number of alkyl halides is 13. The van der Waals surface area contributed by atoms with Crippen LogP contribution in [0.3, 0.4) is 0 Å². The van der Waals surface area contributed by atoms with Crippen molar-refractivity contribution >= 4 is 294 Å². The molecule has 0 aliphatic heterocycles. The topological polar surface area (TPSA) is 26.0 Å². The maximum atomic E-state index is 6.48. The van der Waals surface area contributed by atoms with E-state index in [4.69, 9.17) is 5.73 Å². The van der Waals surface area contributed by atoms with Crippen LogP contribution in [0.1, 0.15) is 0 Å². The fourth-order valence-corrected chi connectivity index (χ4v) is 17.0. The second-order valence-corrected chi connectivity index (χ2v) is 41.1. The summed E-state index contributed by atoms with van der Waals surface area (Å²) in [7, 11) is 0. The number of halogens is 13. The highest BCUT2D eigenvalue weighted by Gasteiger charge is 2.71. The Morgan fingerprint density at radius 3 is 0.850 bits per heavy atom. The van der Waals surface area contributed by atoms with Crippen LogP contribution in [0.5, 0.6) is 0 Å². The van der Waals surface area contributed by atoms with E-state index < -0.39 is 0 Å². The maximum Gasteiger partial charge on any atom is 0.149 e. The highest BCUT2D eigenvalue weighted by atomic mass is 127. The van der Waals surface area contributed by atoms with Crippen molar-refractivity contribution < 1.29 is 0 Å². The van der Waals surface area contributed by atoms with E-state index >= 15 is 0 Å². The molecule has 0 bridgehead atoms. The molecule has 0 amide bonds. The first-order chi connectivity index (χ1) is 8.25. The summed E-state index contributed by atoms with van der Waals surface area (Å²) in [4.78, 5) is 0. The van der Waals surface area contributed by atoms with Gasteiger partial charge in [-0.1, -0.05) is 248 Å². The number of nitrogens with two attached hydrogens (primary N) is 1. The molecule has 1 nitrogen and oxygen atoms in total. The normalized spacial score (nSPS) is 16.5. The van der Waals surface area contributed by atoms with Crippen molar-refractivity contribution in [2.45, 2.75) is 6.70 Å². The Morgan fingerprint density at radius 2 is 0.650 bits per heavy atom. The molecule has 0 unspecified atom stereocenters. The summed E-state index contributed by atoms with van der Waals surface area (Å²) in [6, 6.07) is 0. The molecule has 0 aromatic carbocycles. The first kappa shape index (κ1) is 29.5. The Morgan fingerprint density at radius 1 is 0.400 bits per heavy atom. The van der Waals surface area contributed by atoms with Gasteiger partial charge < -0.3 is 5.73 Å². The van der Waals surface area contributed by atoms with Crippen molar-refractivity contribution in [2.24, 2.45) is 5.73 Å². The molecule has 0 aromatic rings. The maximum absolute atomic E-state index is 6.48. The second kappa shape index (κ2) is 10.4. The van der Waals surface area contributed by atoms with Gasteiger partial charge in [0.05, 0.1) is 0 Å². The second-order valence-electron chi connectivity index (χ2n) is 3.42. The highest BCUT2D eigenvalue weighted by Crippen LogP contribution is 2.75. The minimum Gasteiger partial charge on any atom is -0.307 e. The summed E-state index contributed by atoms with van der Waals surface area (Å²) in [6.07, 6.45) is 0. The Kier molecular flexibility index (Phi) is 15.3. The Balaban J connectivity index is 6.08. The number of hydrogen-bond donors (Lipinski definition) is 1. The third-order valence-electron chi connectivity index (χ3n) is 1.96. The predicted molar refractivity (Wildman–Crippen MR) is 203 cm³/mol. The van der Waals surface area contributed by atoms with Crippen LogP contribution in [0.2, 0.25) is 0 Å². The first-order valence-electron chi connectivity index (χ1n) is 4.00. The molecule has 0 heterocycles. The molecule has 0 radical (unpaired) electrons. The molecule has 14 heteroatoms. The smallest absolute Gasteiger partial charge is 0.149 e. The fraction of sp³-hybridized carbons (Fsp3) is 1.00. The predicted octanol–water partition coefficient (Wildman–Crippen LogP) is 9.69. The molecule has 2 N–H and O–H groups in total. The lowest BCUT2D eigenvalue weighted by Gasteiger charge is -2.53. The van der Waals surface area contributed by atoms with Crippen molar-refractivity contribution in [1.82, 2.24) is 0 Å². The van der Waals surface area contributed by atoms with Crippen LogP contribution in [0.4, 0.5) is 0 Å². The highest BCUT2D eigenvalue weighted by molar-refractivity contribution is 14.3. The quantitative estimate of drug-likeness (QED) is 0.166. The molecule has 122 valence electrons. The van der Waals surface area contributed by atoms with E-state index in [2.05, 4.69) is 294 Å². The van der Waals surface area contributed by atoms with Crippen molar-refractivity contribution in [3.05, 3.63) is 0 Å². The summed E-state index contributed by atoms with van der Waals surface area (Å²) >= 11 is 33.0. The standard InChI is InChI=1S/C6H2I13N/c7-1(8,3(11,12)5(15,16)17)2(9,10)4(13,14)6(18,19)20/h20H2. The zero-order valence-corrected chi connectivity index (χ0v) is 36.5. The van der Waals surface area contributed by atoms with Crippen LogP contribution in [0.15, 0.2) is 0 Å². The molecule has 0 spiro atoms. The van der Waals surface area contributed by atoms with Crippen molar-refractivity contribution in [3.8, 4) is 0 Å². The van der Waals surface area contributed by atoms with E-state index in [-0.39, 0.29) is 6.70 Å². The van der Waals surface area contributed by atoms with Crippen LogP contribution < -0.4 is 5.73 Å². The Labute approximate surface area is 296 Å². The van der Waals surface area contributed by atoms with E-state index in [0.717, 1.165) is 0 Å². The van der Waals surface area contributed by atoms with Crippen molar-refractivity contribution in [3.63, 3.8) is 0 Å². The average Bonchev–Trinajstić information content (AvgIpc) is 2.12. The third-order valence-corrected chi connectivity index (χ3v) is 41.7. The first-order valence-corrected chi connectivity index (χ1v) is 18.0. The van der Waals surface area contributed by atoms with Gasteiger partial charge in [-0.2, -0.15) is 0 Å². The molecule has 0 aromatic heterocycles. The summed E-state index contributed by atoms with van der Waals surface area (Å²) in [6.45, 7) is 0. The zero-order chi connectivity index (χ0) is 17.0. The van der Waals surface area contributed by atoms with Crippen LogP contribution >= 0.6 is 294 Å². The molecular formula is C6H2I13N. The molecule has 0 aliphatic carbocycles. The van der Waals surface area contributed by atoms with Crippen LogP contribution in [-0.4, -0.2) is 6.70 Å². The molecular weight excluding hydrogens is 1740 g/mol. The van der Waals surface area contributed by atoms with Gasteiger partial charge in [-0.3, -0.25) is 0 Å². The Hall–Kier alpha value is 9.45. The average molecular weight is 1740 g/mol. The summed E-state index contributed by atoms with van der Waals surface area (Å²) in [5.41, 5.74) is 6.48. The largest absolute Gasteiger partial charge is 0.307 e. The molecule has 0 saturated carbocycles. The zero-order valence-electron chi connectivity index (χ0n) is 8.49. The minimum atomic E-state index is -0.346. The van der Waals surface area contributed by atoms with Crippen molar-refractivity contribution in [1.29, 1.82) is 0 Å². The monoisotopic (exact) mass is 1740 g/mol. The molecule has 0 saturated heterocycles. The van der Waals surface area contributed by atoms with Gasteiger partial charge in [-0.25, -0.2) is 0 Å². The van der Waals surface area contributed by atoms with E-state index in [0.29, 0.717) is 0 Å². The van der Waals surface area contributed by atoms with Crippen LogP contribution in [-0.2, 0) is 0 Å². The van der Waals surface area contributed by atoms with Gasteiger partial charge in [0.15, 0.2) is 0 Å². The Bertz CT molecular complexity index is 324. The molecule has 0 aliphatic rings. The lowest BCUT2D eigenvalue weighted by atomic mass is 10.2. The SMILES string of the molecule is NC(I)(I)C(I)(I)C(I)(I)C(I)(I)C(I)(I)C(I)(I)I. The van der Waals surface area contributed by atoms with E-state index in [1.54, 1.807) is 0 Å². The summed E-state index contributed by atoms with van der Waals surface area (Å²) in [5, 5.41) is 0. The van der Waals surface area contributed by atoms with Gasteiger partial charge in [0.25, 0.3) is 0 Å². The van der Waals surface area contributed by atoms with Gasteiger partial charge in [-0.05, 0) is 45.2 Å². The van der Waals surface area contributed by atoms with Gasteiger partial charge in [0, 0.05) is 0 Å². The summed E-state index contributed by atoms with van der Waals surface area (Å²) < 4.78 is -0.448. The van der Waals surface area contributed by atoms with Gasteiger partial charge in [0.2, 0.25) is 0 Å².